The first-order valence-corrected chi connectivity index (χ1v) is 11.1. The van der Waals surface area contributed by atoms with E-state index in [1.54, 1.807) is 18.0 Å². The van der Waals surface area contributed by atoms with E-state index in [1.165, 1.54) is 36.5 Å². The molecule has 0 aliphatic heterocycles. The largest absolute Gasteiger partial charge is 0.372 e. The maximum atomic E-state index is 14.6. The number of amides is 2. The molecule has 1 heterocycles. The molecule has 0 atom stereocenters. The van der Waals surface area contributed by atoms with Crippen molar-refractivity contribution in [2.45, 2.75) is 12.2 Å². The molecular formula is C23H18B3Cl2FN4O2. The first-order valence-electron chi connectivity index (χ1n) is 10.3. The Hall–Kier alpha value is -2.97. The third-order valence-electron chi connectivity index (χ3n) is 5.27. The summed E-state index contributed by atoms with van der Waals surface area (Å²) in [5.41, 5.74) is 6.53. The quantitative estimate of drug-likeness (QED) is 0.500. The molecule has 0 spiro atoms. The van der Waals surface area contributed by atoms with Gasteiger partial charge in [0.1, 0.15) is 5.82 Å². The van der Waals surface area contributed by atoms with Crippen LogP contribution in [0.4, 0.5) is 15.9 Å². The van der Waals surface area contributed by atoms with Crippen molar-refractivity contribution in [1.29, 1.82) is 0 Å². The lowest BCUT2D eigenvalue weighted by atomic mass is 9.48. The van der Waals surface area contributed by atoms with Crippen LogP contribution in [-0.2, 0) is 0 Å². The van der Waals surface area contributed by atoms with Crippen molar-refractivity contribution in [2.24, 2.45) is 5.73 Å². The van der Waals surface area contributed by atoms with Crippen LogP contribution >= 0.6 is 23.2 Å². The zero-order chi connectivity index (χ0) is 26.1. The Bertz CT molecular complexity index is 1280. The molecule has 1 aromatic heterocycles. The molecule has 12 heteroatoms. The second-order valence-electron chi connectivity index (χ2n) is 7.76. The highest BCUT2D eigenvalue weighted by Gasteiger charge is 2.34. The number of hydrogen-bond acceptors (Lipinski definition) is 4. The third-order valence-corrected chi connectivity index (χ3v) is 5.92. The lowest BCUT2D eigenvalue weighted by molar-refractivity contribution is 0.0978. The lowest BCUT2D eigenvalue weighted by Gasteiger charge is -2.39. The van der Waals surface area contributed by atoms with Crippen molar-refractivity contribution in [3.05, 3.63) is 75.7 Å². The van der Waals surface area contributed by atoms with Crippen LogP contribution in [0.5, 0.6) is 0 Å². The predicted molar refractivity (Wildman–Crippen MR) is 140 cm³/mol. The summed E-state index contributed by atoms with van der Waals surface area (Å²) in [5, 5.41) is -2.09. The summed E-state index contributed by atoms with van der Waals surface area (Å²) in [6.07, 6.45) is 1.39. The number of carbonyl (C=O) groups is 2. The molecule has 3 rings (SSSR count). The number of aromatic nitrogens is 1. The van der Waals surface area contributed by atoms with Crippen molar-refractivity contribution in [3.8, 4) is 11.1 Å². The summed E-state index contributed by atoms with van der Waals surface area (Å²) in [6, 6.07) is 10.0. The highest BCUT2D eigenvalue weighted by Crippen LogP contribution is 2.37. The number of carbonyl (C=O) groups excluding carboxylic acids is 2. The van der Waals surface area contributed by atoms with E-state index in [4.69, 9.17) is 52.5 Å². The molecule has 0 unspecified atom stereocenters. The molecule has 0 saturated heterocycles. The average Bonchev–Trinajstić information content (AvgIpc) is 2.78. The van der Waals surface area contributed by atoms with Gasteiger partial charge in [-0.25, -0.2) is 9.37 Å². The van der Waals surface area contributed by atoms with Crippen molar-refractivity contribution in [2.75, 3.05) is 23.4 Å². The highest BCUT2D eigenvalue weighted by molar-refractivity contribution is 6.62. The lowest BCUT2D eigenvalue weighted by Crippen LogP contribution is -2.55. The Morgan fingerprint density at radius 3 is 2.37 bits per heavy atom. The van der Waals surface area contributed by atoms with E-state index < -0.39 is 28.4 Å². The van der Waals surface area contributed by atoms with Gasteiger partial charge in [-0.2, -0.15) is 0 Å². The maximum absolute atomic E-state index is 14.6. The summed E-state index contributed by atoms with van der Waals surface area (Å²) >= 11 is 12.5. The number of halogens is 3. The molecule has 2 N–H and O–H groups in total. The number of nitrogens with zero attached hydrogens (tertiary/aromatic N) is 3. The van der Waals surface area contributed by atoms with Crippen LogP contribution in [0.25, 0.3) is 11.1 Å². The Kier molecular flexibility index (Phi) is 7.87. The molecule has 0 aliphatic rings. The van der Waals surface area contributed by atoms with Crippen LogP contribution in [0.1, 0.15) is 27.6 Å². The van der Waals surface area contributed by atoms with Crippen LogP contribution in [0.3, 0.4) is 0 Å². The van der Waals surface area contributed by atoms with Gasteiger partial charge >= 0.3 is 0 Å². The van der Waals surface area contributed by atoms with Gasteiger partial charge in [0.2, 0.25) is 5.91 Å². The zero-order valence-corrected chi connectivity index (χ0v) is 20.4. The molecule has 3 aromatic rings. The SMILES string of the molecule is [B]C([B])([B])N(C(=O)c1c(F)cccc1Cl)c1ncc(-c2cc(C(N)=O)ccc2Cl)cc1N(C)CC. The van der Waals surface area contributed by atoms with E-state index in [-0.39, 0.29) is 16.4 Å². The standard InChI is InChI=1S/C23H18B3Cl2FN4O2/c1-3-32(2)18-10-13(14-9-12(20(30)34)7-8-15(14)27)11-31-21(18)33(23(24,25)26)22(35)19-16(28)5-4-6-17(19)29/h4-11H,3H2,1-2H3,(H2,30,34). The Balaban J connectivity index is 2.25. The van der Waals surface area contributed by atoms with Crippen molar-refractivity contribution in [3.63, 3.8) is 0 Å². The van der Waals surface area contributed by atoms with E-state index in [9.17, 15) is 14.0 Å². The Morgan fingerprint density at radius 1 is 1.11 bits per heavy atom. The van der Waals surface area contributed by atoms with E-state index in [2.05, 4.69) is 4.98 Å². The first-order chi connectivity index (χ1) is 16.4. The Morgan fingerprint density at radius 2 is 1.80 bits per heavy atom. The van der Waals surface area contributed by atoms with Gasteiger partial charge in [-0.05, 0) is 43.3 Å². The van der Waals surface area contributed by atoms with Crippen molar-refractivity contribution in [1.82, 2.24) is 4.98 Å². The molecule has 2 aromatic carbocycles. The average molecular weight is 505 g/mol. The molecule has 0 saturated carbocycles. The number of anilines is 2. The van der Waals surface area contributed by atoms with Gasteiger partial charge in [-0.3, -0.25) is 9.59 Å². The van der Waals surface area contributed by atoms with Crippen LogP contribution in [0.15, 0.2) is 48.7 Å². The number of benzene rings is 2. The van der Waals surface area contributed by atoms with Crippen molar-refractivity contribution >= 4 is 70.1 Å². The number of hydrogen-bond donors (Lipinski definition) is 1. The molecule has 0 fully saturated rings. The number of pyridine rings is 1. The monoisotopic (exact) mass is 504 g/mol. The predicted octanol–water partition coefficient (Wildman–Crippen LogP) is 3.51. The fourth-order valence-corrected chi connectivity index (χ4v) is 3.86. The first kappa shape index (κ1) is 26.6. The normalized spacial score (nSPS) is 11.2. The van der Waals surface area contributed by atoms with Gasteiger partial charge in [-0.15, -0.1) is 0 Å². The van der Waals surface area contributed by atoms with Gasteiger partial charge in [0.05, 0.1) is 39.8 Å². The second-order valence-corrected chi connectivity index (χ2v) is 8.58. The van der Waals surface area contributed by atoms with Crippen LogP contribution in [-0.4, -0.2) is 59.2 Å². The molecule has 6 nitrogen and oxygen atoms in total. The van der Waals surface area contributed by atoms with Crippen LogP contribution < -0.4 is 15.5 Å². The van der Waals surface area contributed by atoms with Gasteiger partial charge < -0.3 is 15.5 Å². The van der Waals surface area contributed by atoms with E-state index in [1.807, 2.05) is 6.92 Å². The second kappa shape index (κ2) is 10.3. The molecular weight excluding hydrogens is 487 g/mol. The molecule has 6 radical (unpaired) electrons. The number of nitrogens with two attached hydrogens (primary N) is 1. The molecule has 35 heavy (non-hydrogen) atoms. The minimum Gasteiger partial charge on any atom is -0.372 e. The highest BCUT2D eigenvalue weighted by atomic mass is 35.5. The summed E-state index contributed by atoms with van der Waals surface area (Å²) in [5.74, 6) is -2.54. The maximum Gasteiger partial charge on any atom is 0.262 e. The van der Waals surface area contributed by atoms with Gasteiger partial charge in [-0.1, -0.05) is 34.5 Å². The molecule has 0 aliphatic carbocycles. The third kappa shape index (κ3) is 5.49. The minimum absolute atomic E-state index is 0.0444. The van der Waals surface area contributed by atoms with Gasteiger partial charge in [0.25, 0.3) is 5.91 Å². The molecule has 0 bridgehead atoms. The number of primary amides is 1. The van der Waals surface area contributed by atoms with Crippen LogP contribution in [0.2, 0.25) is 10.0 Å². The van der Waals surface area contributed by atoms with Gasteiger partial charge in [0.15, 0.2) is 5.82 Å². The van der Waals surface area contributed by atoms with Crippen LogP contribution in [0, 0.1) is 5.82 Å². The number of rotatable bonds is 7. The van der Waals surface area contributed by atoms with Gasteiger partial charge in [0, 0.05) is 41.5 Å². The zero-order valence-electron chi connectivity index (χ0n) is 18.9. The van der Waals surface area contributed by atoms with E-state index in [0.29, 0.717) is 28.4 Å². The summed E-state index contributed by atoms with van der Waals surface area (Å²) < 4.78 is 14.6. The van der Waals surface area contributed by atoms with Crippen molar-refractivity contribution < 1.29 is 14.0 Å². The summed E-state index contributed by atoms with van der Waals surface area (Å²) in [7, 11) is 19.6. The summed E-state index contributed by atoms with van der Waals surface area (Å²) in [6.45, 7) is 2.33. The molecule has 172 valence electrons. The molecule has 2 amide bonds. The van der Waals surface area contributed by atoms with E-state index in [0.717, 1.165) is 11.0 Å². The van der Waals surface area contributed by atoms with E-state index >= 15 is 0 Å². The summed E-state index contributed by atoms with van der Waals surface area (Å²) in [4.78, 5) is 32.0. The Labute approximate surface area is 216 Å². The topological polar surface area (TPSA) is 79.5 Å². The smallest absolute Gasteiger partial charge is 0.262 e. The fraction of sp³-hybridized carbons (Fsp3) is 0.174. The fourth-order valence-electron chi connectivity index (χ4n) is 3.39. The minimum atomic E-state index is -2.27.